The number of aliphatic hydroxyl groups excluding tert-OH is 1. The molecule has 0 aliphatic carbocycles. The molecule has 1 heterocycles. The summed E-state index contributed by atoms with van der Waals surface area (Å²) in [5.41, 5.74) is 1.85. The number of likely N-dealkylation sites (N-methyl/N-ethyl adjacent to an activating group) is 1. The highest BCUT2D eigenvalue weighted by molar-refractivity contribution is 6.04. The lowest BCUT2D eigenvalue weighted by Crippen LogP contribution is -2.43. The number of hydrogen-bond acceptors (Lipinski definition) is 5. The Labute approximate surface area is 257 Å². The Balaban J connectivity index is 1.36. The SMILES string of the molecule is C[C@H]1[C@@H](CN(C)Cc2ccccc2)O[C@@H](c2ccc(NC(=O)c3c(F)c(F)c(F)c(F)c3F)cc2)O[C@H]1c1ccc(CO)cc1. The molecule has 0 saturated carbocycles. The maximum Gasteiger partial charge on any atom is 0.261 e. The number of carbonyl (C=O) groups is 1. The number of anilines is 1. The third kappa shape index (κ3) is 7.07. The van der Waals surface area contributed by atoms with Gasteiger partial charge in [0.15, 0.2) is 29.6 Å². The molecule has 1 amide bonds. The molecule has 11 heteroatoms. The third-order valence-corrected chi connectivity index (χ3v) is 7.79. The monoisotopic (exact) mass is 626 g/mol. The van der Waals surface area contributed by atoms with Crippen LogP contribution in [0.2, 0.25) is 0 Å². The third-order valence-electron chi connectivity index (χ3n) is 7.79. The van der Waals surface area contributed by atoms with Crippen LogP contribution in [0, 0.1) is 35.0 Å². The van der Waals surface area contributed by atoms with Crippen molar-refractivity contribution in [1.29, 1.82) is 0 Å². The van der Waals surface area contributed by atoms with Crippen LogP contribution in [0.5, 0.6) is 0 Å². The first-order chi connectivity index (χ1) is 21.6. The second-order valence-electron chi connectivity index (χ2n) is 11.0. The molecule has 1 saturated heterocycles. The molecule has 4 aromatic rings. The number of nitrogens with zero attached hydrogens (tertiary/aromatic N) is 1. The normalized spacial score (nSPS) is 19.9. The van der Waals surface area contributed by atoms with Crippen molar-refractivity contribution >= 4 is 11.6 Å². The zero-order chi connectivity index (χ0) is 32.2. The molecule has 4 aromatic carbocycles. The molecular formula is C34H31F5N2O4. The van der Waals surface area contributed by atoms with Crippen LogP contribution in [-0.4, -0.2) is 35.6 Å². The first-order valence-corrected chi connectivity index (χ1v) is 14.2. The molecule has 0 radical (unpaired) electrons. The number of nitrogens with one attached hydrogen (secondary N) is 1. The Morgan fingerprint density at radius 2 is 1.36 bits per heavy atom. The highest BCUT2D eigenvalue weighted by Gasteiger charge is 2.39. The van der Waals surface area contributed by atoms with E-state index >= 15 is 0 Å². The summed E-state index contributed by atoms with van der Waals surface area (Å²) < 4.78 is 81.8. The molecule has 4 atom stereocenters. The highest BCUT2D eigenvalue weighted by Crippen LogP contribution is 2.42. The Kier molecular flexibility index (Phi) is 9.93. The molecule has 0 spiro atoms. The van der Waals surface area contributed by atoms with Gasteiger partial charge in [-0.2, -0.15) is 0 Å². The van der Waals surface area contributed by atoms with Crippen LogP contribution >= 0.6 is 0 Å². The molecule has 45 heavy (non-hydrogen) atoms. The van der Waals surface area contributed by atoms with Crippen molar-refractivity contribution in [2.75, 3.05) is 18.9 Å². The minimum absolute atomic E-state index is 0.0483. The zero-order valence-electron chi connectivity index (χ0n) is 24.4. The Morgan fingerprint density at radius 3 is 1.96 bits per heavy atom. The van der Waals surface area contributed by atoms with E-state index in [-0.39, 0.29) is 30.4 Å². The van der Waals surface area contributed by atoms with E-state index in [0.29, 0.717) is 18.7 Å². The number of hydrogen-bond donors (Lipinski definition) is 2. The topological polar surface area (TPSA) is 71.0 Å². The molecule has 0 aromatic heterocycles. The fourth-order valence-corrected chi connectivity index (χ4v) is 5.32. The molecule has 0 bridgehead atoms. The number of ether oxygens (including phenoxy) is 2. The van der Waals surface area contributed by atoms with Crippen molar-refractivity contribution in [3.05, 3.63) is 136 Å². The van der Waals surface area contributed by atoms with Crippen LogP contribution in [0.4, 0.5) is 27.6 Å². The minimum Gasteiger partial charge on any atom is -0.392 e. The number of aliphatic hydroxyl groups is 1. The lowest BCUT2D eigenvalue weighted by atomic mass is 9.90. The lowest BCUT2D eigenvalue weighted by Gasteiger charge is -2.42. The molecule has 0 unspecified atom stereocenters. The largest absolute Gasteiger partial charge is 0.392 e. The van der Waals surface area contributed by atoms with E-state index in [1.165, 1.54) is 12.1 Å². The predicted octanol–water partition coefficient (Wildman–Crippen LogP) is 7.05. The second kappa shape index (κ2) is 13.9. The maximum absolute atomic E-state index is 14.1. The predicted molar refractivity (Wildman–Crippen MR) is 156 cm³/mol. The first kappa shape index (κ1) is 32.2. The smallest absolute Gasteiger partial charge is 0.261 e. The summed E-state index contributed by atoms with van der Waals surface area (Å²) in [6, 6.07) is 23.4. The fraction of sp³-hybridized carbons (Fsp3) is 0.265. The number of benzene rings is 4. The van der Waals surface area contributed by atoms with E-state index in [1.54, 1.807) is 12.1 Å². The van der Waals surface area contributed by atoms with E-state index in [0.717, 1.165) is 16.7 Å². The van der Waals surface area contributed by atoms with E-state index < -0.39 is 46.8 Å². The van der Waals surface area contributed by atoms with Crippen LogP contribution in [0.3, 0.4) is 0 Å². The molecule has 1 aliphatic heterocycles. The van der Waals surface area contributed by atoms with E-state index in [1.807, 2.05) is 68.6 Å². The number of amides is 1. The van der Waals surface area contributed by atoms with Crippen LogP contribution in [0.25, 0.3) is 0 Å². The van der Waals surface area contributed by atoms with Crippen molar-refractivity contribution in [2.45, 2.75) is 38.6 Å². The van der Waals surface area contributed by atoms with Gasteiger partial charge in [0.05, 0.1) is 18.8 Å². The van der Waals surface area contributed by atoms with Crippen molar-refractivity contribution < 1.29 is 41.3 Å². The van der Waals surface area contributed by atoms with Gasteiger partial charge in [-0.1, -0.05) is 73.7 Å². The van der Waals surface area contributed by atoms with Gasteiger partial charge < -0.3 is 19.9 Å². The van der Waals surface area contributed by atoms with Gasteiger partial charge in [0.2, 0.25) is 5.82 Å². The highest BCUT2D eigenvalue weighted by atomic mass is 19.2. The lowest BCUT2D eigenvalue weighted by molar-refractivity contribution is -0.276. The van der Waals surface area contributed by atoms with Gasteiger partial charge >= 0.3 is 0 Å². The summed E-state index contributed by atoms with van der Waals surface area (Å²) in [7, 11) is 2.00. The average molecular weight is 627 g/mol. The Bertz CT molecular complexity index is 1610. The Morgan fingerprint density at radius 1 is 0.778 bits per heavy atom. The second-order valence-corrected chi connectivity index (χ2v) is 11.0. The molecular weight excluding hydrogens is 595 g/mol. The summed E-state index contributed by atoms with van der Waals surface area (Å²) in [4.78, 5) is 14.7. The fourth-order valence-electron chi connectivity index (χ4n) is 5.32. The van der Waals surface area contributed by atoms with Crippen LogP contribution in [0.1, 0.15) is 51.9 Å². The molecule has 1 fully saturated rings. The van der Waals surface area contributed by atoms with E-state index in [2.05, 4.69) is 10.2 Å². The summed E-state index contributed by atoms with van der Waals surface area (Å²) in [5, 5.41) is 11.7. The molecule has 5 rings (SSSR count). The Hall–Kier alpha value is -4.16. The van der Waals surface area contributed by atoms with Gasteiger partial charge in [-0.05, 0) is 35.9 Å². The average Bonchev–Trinajstić information content (AvgIpc) is 3.05. The quantitative estimate of drug-likeness (QED) is 0.118. The number of rotatable bonds is 9. The maximum atomic E-state index is 14.1. The molecule has 1 aliphatic rings. The van der Waals surface area contributed by atoms with Crippen molar-refractivity contribution in [3.8, 4) is 0 Å². The van der Waals surface area contributed by atoms with Crippen LogP contribution in [-0.2, 0) is 22.6 Å². The number of carbonyl (C=O) groups excluding carboxylic acids is 1. The van der Waals surface area contributed by atoms with Crippen LogP contribution < -0.4 is 5.32 Å². The van der Waals surface area contributed by atoms with E-state index in [4.69, 9.17) is 9.47 Å². The van der Waals surface area contributed by atoms with Gasteiger partial charge in [0, 0.05) is 30.3 Å². The summed E-state index contributed by atoms with van der Waals surface area (Å²) in [6.45, 7) is 3.23. The minimum atomic E-state index is -2.35. The van der Waals surface area contributed by atoms with Crippen molar-refractivity contribution in [1.82, 2.24) is 4.90 Å². The summed E-state index contributed by atoms with van der Waals surface area (Å²) in [5.74, 6) is -12.8. The van der Waals surface area contributed by atoms with E-state index in [9.17, 15) is 31.9 Å². The first-order valence-electron chi connectivity index (χ1n) is 14.2. The summed E-state index contributed by atoms with van der Waals surface area (Å²) in [6.07, 6.45) is -1.48. The van der Waals surface area contributed by atoms with Gasteiger partial charge in [-0.3, -0.25) is 9.69 Å². The standard InChI is InChI=1S/C34H31F5N2O4/c1-19-25(17-41(2)16-20-6-4-3-5-7-20)44-34(45-32(19)22-10-8-21(18-42)9-11-22)23-12-14-24(15-13-23)40-33(43)26-27(35)29(37)31(39)30(38)28(26)36/h3-15,19,25,32,34,42H,16-18H2,1-2H3,(H,40,43)/t19-,25+,32+,34+/m0/s1. The van der Waals surface area contributed by atoms with Gasteiger partial charge in [0.1, 0.15) is 5.56 Å². The van der Waals surface area contributed by atoms with Crippen LogP contribution in [0.15, 0.2) is 78.9 Å². The zero-order valence-corrected chi connectivity index (χ0v) is 24.4. The van der Waals surface area contributed by atoms with Crippen molar-refractivity contribution in [2.24, 2.45) is 5.92 Å². The van der Waals surface area contributed by atoms with Gasteiger partial charge in [0.25, 0.3) is 5.91 Å². The van der Waals surface area contributed by atoms with Crippen molar-refractivity contribution in [3.63, 3.8) is 0 Å². The molecule has 6 nitrogen and oxygen atoms in total. The molecule has 2 N–H and O–H groups in total. The van der Waals surface area contributed by atoms with Gasteiger partial charge in [-0.15, -0.1) is 0 Å². The molecule has 236 valence electrons. The summed E-state index contributed by atoms with van der Waals surface area (Å²) >= 11 is 0. The van der Waals surface area contributed by atoms with Gasteiger partial charge in [-0.25, -0.2) is 22.0 Å². The number of halogens is 5.